The van der Waals surface area contributed by atoms with Gasteiger partial charge in [-0.3, -0.25) is 4.79 Å². The van der Waals surface area contributed by atoms with Gasteiger partial charge in [-0.1, -0.05) is 12.1 Å². The second-order valence-corrected chi connectivity index (χ2v) is 4.55. The van der Waals surface area contributed by atoms with Crippen molar-refractivity contribution >= 4 is 29.3 Å². The van der Waals surface area contributed by atoms with Crippen LogP contribution in [0.25, 0.3) is 0 Å². The molecule has 0 heterocycles. The molecule has 0 saturated heterocycles. The number of carboxylic acid groups (broad SMARTS) is 1. The number of hydrogen-bond donors (Lipinski definition) is 2. The van der Waals surface area contributed by atoms with E-state index in [0.717, 1.165) is 17.0 Å². The van der Waals surface area contributed by atoms with Gasteiger partial charge in [0.2, 0.25) is 5.91 Å². The summed E-state index contributed by atoms with van der Waals surface area (Å²) in [6.07, 6.45) is 2.16. The number of nitrogens with zero attached hydrogens (tertiary/aromatic N) is 1. The summed E-state index contributed by atoms with van der Waals surface area (Å²) in [5.74, 6) is -1.04. The van der Waals surface area contributed by atoms with Crippen LogP contribution in [0.1, 0.15) is 6.42 Å². The number of thioether (sulfide) groups is 1. The Hall–Kier alpha value is -2.26. The number of amides is 1. The van der Waals surface area contributed by atoms with E-state index in [1.54, 1.807) is 12.1 Å². The highest BCUT2D eigenvalue weighted by molar-refractivity contribution is 7.99. The van der Waals surface area contributed by atoms with Gasteiger partial charge in [-0.25, -0.2) is 4.79 Å². The summed E-state index contributed by atoms with van der Waals surface area (Å²) < 4.78 is 0. The fourth-order valence-electron chi connectivity index (χ4n) is 1.22. The lowest BCUT2D eigenvalue weighted by molar-refractivity contribution is -0.131. The summed E-state index contributed by atoms with van der Waals surface area (Å²) in [6, 6.07) is 9.20. The maximum Gasteiger partial charge on any atom is 0.328 e. The smallest absolute Gasteiger partial charge is 0.328 e. The summed E-state index contributed by atoms with van der Waals surface area (Å²) in [5.41, 5.74) is 0.602. The molecule has 1 aromatic carbocycles. The number of carboxylic acids is 1. The maximum absolute atomic E-state index is 11.5. The first kappa shape index (κ1) is 14.8. The standard InChI is InChI=1S/C13H12N2O3S/c14-8-3-9-19-11-5-2-1-4-10(11)15-12(16)6-7-13(17)18/h1-2,4-7H,3,9H2,(H,15,16)(H,17,18). The molecule has 1 amide bonds. The Morgan fingerprint density at radius 1 is 1.37 bits per heavy atom. The normalized spacial score (nSPS) is 10.1. The minimum Gasteiger partial charge on any atom is -0.478 e. The fourth-order valence-corrected chi connectivity index (χ4v) is 2.09. The lowest BCUT2D eigenvalue weighted by Crippen LogP contribution is -2.09. The van der Waals surface area contributed by atoms with E-state index in [9.17, 15) is 9.59 Å². The van der Waals surface area contributed by atoms with E-state index >= 15 is 0 Å². The molecule has 1 aromatic rings. The summed E-state index contributed by atoms with van der Waals surface area (Å²) >= 11 is 1.46. The lowest BCUT2D eigenvalue weighted by Gasteiger charge is -2.08. The molecular formula is C13H12N2O3S. The lowest BCUT2D eigenvalue weighted by atomic mass is 10.3. The average molecular weight is 276 g/mol. The van der Waals surface area contributed by atoms with Crippen molar-refractivity contribution in [1.29, 1.82) is 5.26 Å². The van der Waals surface area contributed by atoms with Gasteiger partial charge in [-0.05, 0) is 12.1 Å². The number of hydrogen-bond acceptors (Lipinski definition) is 4. The minimum absolute atomic E-state index is 0.422. The molecule has 2 N–H and O–H groups in total. The Labute approximate surface area is 114 Å². The molecular weight excluding hydrogens is 264 g/mol. The first-order valence-electron chi connectivity index (χ1n) is 5.44. The van der Waals surface area contributed by atoms with Crippen LogP contribution in [-0.4, -0.2) is 22.7 Å². The summed E-state index contributed by atoms with van der Waals surface area (Å²) in [4.78, 5) is 22.6. The maximum atomic E-state index is 11.5. The highest BCUT2D eigenvalue weighted by atomic mass is 32.2. The van der Waals surface area contributed by atoms with E-state index in [1.165, 1.54) is 11.8 Å². The molecule has 0 saturated carbocycles. The highest BCUT2D eigenvalue weighted by Gasteiger charge is 2.05. The van der Waals surface area contributed by atoms with E-state index in [4.69, 9.17) is 10.4 Å². The van der Waals surface area contributed by atoms with Gasteiger partial charge in [-0.2, -0.15) is 5.26 Å². The van der Waals surface area contributed by atoms with Crippen LogP contribution >= 0.6 is 11.8 Å². The minimum atomic E-state index is -1.17. The van der Waals surface area contributed by atoms with Gasteiger partial charge in [0.1, 0.15) is 0 Å². The van der Waals surface area contributed by atoms with Crippen LogP contribution in [-0.2, 0) is 9.59 Å². The topological polar surface area (TPSA) is 90.2 Å². The van der Waals surface area contributed by atoms with Crippen molar-refractivity contribution in [2.24, 2.45) is 0 Å². The summed E-state index contributed by atoms with van der Waals surface area (Å²) in [6.45, 7) is 0. The number of nitriles is 1. The number of carbonyl (C=O) groups excluding carboxylic acids is 1. The molecule has 1 rings (SSSR count). The molecule has 0 radical (unpaired) electrons. The fraction of sp³-hybridized carbons (Fsp3) is 0.154. The van der Waals surface area contributed by atoms with Crippen LogP contribution in [0, 0.1) is 11.3 Å². The summed E-state index contributed by atoms with van der Waals surface area (Å²) in [7, 11) is 0. The van der Waals surface area contributed by atoms with Gasteiger partial charge >= 0.3 is 5.97 Å². The molecule has 0 aliphatic rings. The Morgan fingerprint density at radius 3 is 2.79 bits per heavy atom. The Kier molecular flexibility index (Phi) is 6.19. The van der Waals surface area contributed by atoms with Crippen molar-refractivity contribution in [3.05, 3.63) is 36.4 Å². The third-order valence-corrected chi connectivity index (χ3v) is 3.07. The SMILES string of the molecule is N#CCCSc1ccccc1NC(=O)C=CC(=O)O. The van der Waals surface area contributed by atoms with Gasteiger partial charge in [0, 0.05) is 29.2 Å². The van der Waals surface area contributed by atoms with Crippen LogP contribution in [0.3, 0.4) is 0 Å². The van der Waals surface area contributed by atoms with E-state index in [1.807, 2.05) is 18.2 Å². The van der Waals surface area contributed by atoms with Gasteiger partial charge in [0.25, 0.3) is 0 Å². The Balaban J connectivity index is 2.69. The number of rotatable bonds is 6. The molecule has 5 nitrogen and oxygen atoms in total. The number of carbonyl (C=O) groups is 2. The van der Waals surface area contributed by atoms with Gasteiger partial charge < -0.3 is 10.4 Å². The average Bonchev–Trinajstić information content (AvgIpc) is 2.39. The van der Waals surface area contributed by atoms with Crippen LogP contribution in [0.15, 0.2) is 41.3 Å². The van der Waals surface area contributed by atoms with Crippen molar-refractivity contribution in [2.75, 3.05) is 11.1 Å². The monoisotopic (exact) mass is 276 g/mol. The largest absolute Gasteiger partial charge is 0.478 e. The van der Waals surface area contributed by atoms with Crippen molar-refractivity contribution in [2.45, 2.75) is 11.3 Å². The molecule has 0 aliphatic heterocycles. The quantitative estimate of drug-likeness (QED) is 0.472. The van der Waals surface area contributed by atoms with Crippen LogP contribution in [0.4, 0.5) is 5.69 Å². The molecule has 6 heteroatoms. The van der Waals surface area contributed by atoms with Crippen LogP contribution in [0.5, 0.6) is 0 Å². The van der Waals surface area contributed by atoms with E-state index in [-0.39, 0.29) is 0 Å². The van der Waals surface area contributed by atoms with Crippen molar-refractivity contribution < 1.29 is 14.7 Å². The molecule has 0 fully saturated rings. The zero-order chi connectivity index (χ0) is 14.1. The van der Waals surface area contributed by atoms with Crippen LogP contribution < -0.4 is 5.32 Å². The number of nitrogens with one attached hydrogen (secondary N) is 1. The Bertz CT molecular complexity index is 535. The third kappa shape index (κ3) is 5.75. The highest BCUT2D eigenvalue weighted by Crippen LogP contribution is 2.27. The van der Waals surface area contributed by atoms with E-state index in [2.05, 4.69) is 5.32 Å². The molecule has 0 spiro atoms. The molecule has 0 aromatic heterocycles. The second kappa shape index (κ2) is 7.95. The molecule has 98 valence electrons. The second-order valence-electron chi connectivity index (χ2n) is 3.41. The van der Waals surface area contributed by atoms with Gasteiger partial charge in [0.15, 0.2) is 0 Å². The molecule has 0 unspecified atom stereocenters. The summed E-state index contributed by atoms with van der Waals surface area (Å²) in [5, 5.41) is 19.5. The predicted octanol–water partition coefficient (Wildman–Crippen LogP) is 2.27. The van der Waals surface area contributed by atoms with Crippen molar-refractivity contribution in [1.82, 2.24) is 0 Å². The zero-order valence-electron chi connectivity index (χ0n) is 10.00. The third-order valence-electron chi connectivity index (χ3n) is 1.99. The number of para-hydroxylation sites is 1. The molecule has 0 atom stereocenters. The number of aliphatic carboxylic acids is 1. The van der Waals surface area contributed by atoms with Gasteiger partial charge in [-0.15, -0.1) is 11.8 Å². The number of benzene rings is 1. The van der Waals surface area contributed by atoms with Gasteiger partial charge in [0.05, 0.1) is 11.8 Å². The molecule has 0 bridgehead atoms. The molecule has 19 heavy (non-hydrogen) atoms. The predicted molar refractivity (Wildman–Crippen MR) is 72.8 cm³/mol. The van der Waals surface area contributed by atoms with E-state index in [0.29, 0.717) is 17.9 Å². The first-order chi connectivity index (χ1) is 9.13. The zero-order valence-corrected chi connectivity index (χ0v) is 10.8. The number of anilines is 1. The van der Waals surface area contributed by atoms with E-state index < -0.39 is 11.9 Å². The Morgan fingerprint density at radius 2 is 2.11 bits per heavy atom. The van der Waals surface area contributed by atoms with Crippen molar-refractivity contribution in [3.63, 3.8) is 0 Å². The first-order valence-corrected chi connectivity index (χ1v) is 6.43. The van der Waals surface area contributed by atoms with Crippen LogP contribution in [0.2, 0.25) is 0 Å². The molecule has 0 aliphatic carbocycles. The van der Waals surface area contributed by atoms with Crippen molar-refractivity contribution in [3.8, 4) is 6.07 Å².